The Hall–Kier alpha value is -4.00. The maximum absolute atomic E-state index is 14.9. The van der Waals surface area contributed by atoms with E-state index in [1.54, 1.807) is 12.4 Å². The zero-order chi connectivity index (χ0) is 29.6. The maximum atomic E-state index is 14.9. The summed E-state index contributed by atoms with van der Waals surface area (Å²) >= 11 is 0. The van der Waals surface area contributed by atoms with Gasteiger partial charge in [-0.05, 0) is 72.8 Å². The number of rotatable bonds is 10. The van der Waals surface area contributed by atoms with E-state index < -0.39 is 17.4 Å². The standard InChI is InChI=1S/C35H37FN4O2/c1-21(2)30-19-37-20-31(39-30)26-10-9-24-11-12-27(28(24)16-26)29(17-33(42)35(36)13-14-35)32(41)15-23-5-7-25(8-6-23)34-22(3)18-38-40(34)4/h5-10,16,18-21,27,29H,11-15,17H2,1-4H3/t27-,29+/m1/s1. The number of aromatic nitrogens is 4. The molecular formula is C35H37FN4O2. The van der Waals surface area contributed by atoms with E-state index in [0.717, 1.165) is 57.7 Å². The van der Waals surface area contributed by atoms with Gasteiger partial charge in [0.25, 0.3) is 0 Å². The summed E-state index contributed by atoms with van der Waals surface area (Å²) in [6.45, 7) is 6.20. The molecule has 0 bridgehead atoms. The highest BCUT2D eigenvalue weighted by Gasteiger charge is 2.51. The van der Waals surface area contributed by atoms with Crippen LogP contribution in [-0.2, 0) is 29.5 Å². The quantitative estimate of drug-likeness (QED) is 0.210. The van der Waals surface area contributed by atoms with E-state index in [1.165, 1.54) is 5.56 Å². The van der Waals surface area contributed by atoms with E-state index >= 15 is 0 Å². The lowest BCUT2D eigenvalue weighted by atomic mass is 9.78. The van der Waals surface area contributed by atoms with Gasteiger partial charge in [0.2, 0.25) is 0 Å². The molecule has 2 aliphatic rings. The zero-order valence-electron chi connectivity index (χ0n) is 24.7. The molecule has 0 unspecified atom stereocenters. The van der Waals surface area contributed by atoms with E-state index in [4.69, 9.17) is 4.98 Å². The normalized spacial score (nSPS) is 17.7. The molecule has 0 N–H and O–H groups in total. The van der Waals surface area contributed by atoms with Crippen LogP contribution in [0.25, 0.3) is 22.5 Å². The minimum Gasteiger partial charge on any atom is -0.299 e. The van der Waals surface area contributed by atoms with Crippen molar-refractivity contribution in [3.63, 3.8) is 0 Å². The van der Waals surface area contributed by atoms with E-state index in [1.807, 2.05) is 49.1 Å². The number of carbonyl (C=O) groups is 2. The zero-order valence-corrected chi connectivity index (χ0v) is 24.7. The van der Waals surface area contributed by atoms with Crippen LogP contribution >= 0.6 is 0 Å². The molecule has 0 spiro atoms. The summed E-state index contributed by atoms with van der Waals surface area (Å²) in [6, 6.07) is 14.2. The van der Waals surface area contributed by atoms with Crippen molar-refractivity contribution in [3.05, 3.63) is 89.0 Å². The average molecular weight is 565 g/mol. The fraction of sp³-hybridized carbons (Fsp3) is 0.400. The first kappa shape index (κ1) is 28.1. The number of nitrogens with zero attached hydrogens (tertiary/aromatic N) is 4. The van der Waals surface area contributed by atoms with Gasteiger partial charge in [0.05, 0.1) is 29.5 Å². The SMILES string of the molecule is Cc1cnn(C)c1-c1ccc(CC(=O)[C@@H](CC(=O)C2(F)CC2)[C@@H]2CCc3ccc(-c4cncc(C(C)C)n4)cc32)cc1. The lowest BCUT2D eigenvalue weighted by Crippen LogP contribution is -2.29. The monoisotopic (exact) mass is 564 g/mol. The van der Waals surface area contributed by atoms with Gasteiger partial charge in [-0.2, -0.15) is 5.10 Å². The molecule has 0 aliphatic heterocycles. The number of halogens is 1. The van der Waals surface area contributed by atoms with Gasteiger partial charge < -0.3 is 0 Å². The summed E-state index contributed by atoms with van der Waals surface area (Å²) in [5.41, 5.74) is 7.19. The Balaban J connectivity index is 1.29. The van der Waals surface area contributed by atoms with Crippen LogP contribution in [0.2, 0.25) is 0 Å². The molecule has 1 saturated carbocycles. The second-order valence-electron chi connectivity index (χ2n) is 12.4. The van der Waals surface area contributed by atoms with Crippen molar-refractivity contribution in [1.82, 2.24) is 19.7 Å². The molecule has 216 valence electrons. The van der Waals surface area contributed by atoms with Gasteiger partial charge in [-0.1, -0.05) is 50.2 Å². The molecule has 4 aromatic rings. The highest BCUT2D eigenvalue weighted by Crippen LogP contribution is 2.46. The molecule has 0 amide bonds. The first-order valence-electron chi connectivity index (χ1n) is 14.9. The summed E-state index contributed by atoms with van der Waals surface area (Å²) in [7, 11) is 1.91. The van der Waals surface area contributed by atoms with Crippen molar-refractivity contribution in [2.75, 3.05) is 0 Å². The van der Waals surface area contributed by atoms with E-state index in [2.05, 4.69) is 42.1 Å². The fourth-order valence-corrected chi connectivity index (χ4v) is 6.34. The van der Waals surface area contributed by atoms with Crippen LogP contribution in [0.3, 0.4) is 0 Å². The Morgan fingerprint density at radius 2 is 1.79 bits per heavy atom. The number of alkyl halides is 1. The first-order valence-corrected chi connectivity index (χ1v) is 14.9. The third-order valence-electron chi connectivity index (χ3n) is 9.03. The van der Waals surface area contributed by atoms with Gasteiger partial charge in [0.1, 0.15) is 5.78 Å². The summed E-state index contributed by atoms with van der Waals surface area (Å²) in [5, 5.41) is 4.33. The number of ketones is 2. The molecule has 7 heteroatoms. The summed E-state index contributed by atoms with van der Waals surface area (Å²) < 4.78 is 16.7. The fourth-order valence-electron chi connectivity index (χ4n) is 6.34. The number of Topliss-reactive ketones (excluding diaryl/α,β-unsaturated/α-hetero) is 2. The molecule has 42 heavy (non-hydrogen) atoms. The third kappa shape index (κ3) is 5.44. The third-order valence-corrected chi connectivity index (χ3v) is 9.03. The van der Waals surface area contributed by atoms with Crippen molar-refractivity contribution in [3.8, 4) is 22.5 Å². The largest absolute Gasteiger partial charge is 0.299 e. The number of fused-ring (bicyclic) bond motifs is 1. The Labute approximate surface area is 246 Å². The van der Waals surface area contributed by atoms with Gasteiger partial charge in [-0.3, -0.25) is 19.3 Å². The van der Waals surface area contributed by atoms with Crippen LogP contribution in [0.1, 0.15) is 79.3 Å². The van der Waals surface area contributed by atoms with Gasteiger partial charge in [0.15, 0.2) is 11.5 Å². The molecule has 6 nitrogen and oxygen atoms in total. The second-order valence-corrected chi connectivity index (χ2v) is 12.4. The lowest BCUT2D eigenvalue weighted by Gasteiger charge is -2.24. The van der Waals surface area contributed by atoms with Crippen LogP contribution in [0.5, 0.6) is 0 Å². The van der Waals surface area contributed by atoms with Gasteiger partial charge in [-0.15, -0.1) is 0 Å². The predicted octanol–water partition coefficient (Wildman–Crippen LogP) is 6.90. The summed E-state index contributed by atoms with van der Waals surface area (Å²) in [6.07, 6.45) is 7.65. The maximum Gasteiger partial charge on any atom is 0.170 e. The number of aryl methyl sites for hydroxylation is 3. The van der Waals surface area contributed by atoms with Crippen molar-refractivity contribution in [2.24, 2.45) is 13.0 Å². The average Bonchev–Trinajstić information content (AvgIpc) is 3.47. The highest BCUT2D eigenvalue weighted by atomic mass is 19.1. The lowest BCUT2D eigenvalue weighted by molar-refractivity contribution is -0.131. The number of carbonyl (C=O) groups excluding carboxylic acids is 2. The molecule has 1 fully saturated rings. The predicted molar refractivity (Wildman–Crippen MR) is 161 cm³/mol. The van der Waals surface area contributed by atoms with Crippen LogP contribution in [0.4, 0.5) is 4.39 Å². The molecule has 0 radical (unpaired) electrons. The second kappa shape index (κ2) is 11.0. The first-order chi connectivity index (χ1) is 20.1. The molecule has 2 aliphatic carbocycles. The summed E-state index contributed by atoms with van der Waals surface area (Å²) in [4.78, 5) is 36.2. The Morgan fingerprint density at radius 1 is 1.05 bits per heavy atom. The molecule has 2 atom stereocenters. The van der Waals surface area contributed by atoms with Crippen LogP contribution in [0.15, 0.2) is 61.1 Å². The number of hydrogen-bond donors (Lipinski definition) is 0. The van der Waals surface area contributed by atoms with Crippen molar-refractivity contribution < 1.29 is 14.0 Å². The molecule has 6 rings (SSSR count). The molecular weight excluding hydrogens is 527 g/mol. The molecule has 2 aromatic carbocycles. The van der Waals surface area contributed by atoms with Gasteiger partial charge >= 0.3 is 0 Å². The van der Waals surface area contributed by atoms with Crippen LogP contribution < -0.4 is 0 Å². The van der Waals surface area contributed by atoms with Crippen LogP contribution in [0, 0.1) is 12.8 Å². The highest BCUT2D eigenvalue weighted by molar-refractivity contribution is 5.95. The van der Waals surface area contributed by atoms with E-state index in [0.29, 0.717) is 0 Å². The minimum absolute atomic E-state index is 0.0121. The van der Waals surface area contributed by atoms with Crippen molar-refractivity contribution in [1.29, 1.82) is 0 Å². The van der Waals surface area contributed by atoms with Crippen molar-refractivity contribution >= 4 is 11.6 Å². The van der Waals surface area contributed by atoms with E-state index in [9.17, 15) is 14.0 Å². The molecule has 0 saturated heterocycles. The number of hydrogen-bond acceptors (Lipinski definition) is 5. The molecule has 2 heterocycles. The topological polar surface area (TPSA) is 77.7 Å². The smallest absolute Gasteiger partial charge is 0.170 e. The number of benzene rings is 2. The van der Waals surface area contributed by atoms with Gasteiger partial charge in [-0.25, -0.2) is 9.37 Å². The minimum atomic E-state index is -1.75. The molecule has 2 aromatic heterocycles. The Morgan fingerprint density at radius 3 is 2.45 bits per heavy atom. The van der Waals surface area contributed by atoms with Crippen LogP contribution in [-0.4, -0.2) is 37.0 Å². The Bertz CT molecular complexity index is 1630. The van der Waals surface area contributed by atoms with Crippen molar-refractivity contribution in [2.45, 2.75) is 76.8 Å². The van der Waals surface area contributed by atoms with Gasteiger partial charge in [0, 0.05) is 43.1 Å². The Kier molecular flexibility index (Phi) is 7.37. The summed E-state index contributed by atoms with van der Waals surface area (Å²) in [5.74, 6) is -0.902. The van der Waals surface area contributed by atoms with E-state index in [-0.39, 0.29) is 43.3 Å².